The number of aliphatic carboxylic acids is 1. The predicted molar refractivity (Wildman–Crippen MR) is 85.9 cm³/mol. The Bertz CT molecular complexity index is 852. The van der Waals surface area contributed by atoms with Crippen LogP contribution in [0.1, 0.15) is 17.3 Å². The average molecular weight is 361 g/mol. The van der Waals surface area contributed by atoms with Crippen LogP contribution in [-0.2, 0) is 9.53 Å². The van der Waals surface area contributed by atoms with Crippen molar-refractivity contribution in [3.05, 3.63) is 46.5 Å². The van der Waals surface area contributed by atoms with Crippen LogP contribution in [0.15, 0.2) is 30.9 Å². The Morgan fingerprint density at radius 3 is 2.77 bits per heavy atom. The fraction of sp³-hybridized carbons (Fsp3) is 0.333. The number of morpholine rings is 1. The number of carboxylic acid groups (broad SMARTS) is 1. The zero-order valence-corrected chi connectivity index (χ0v) is 13.7. The molecule has 2 heterocycles. The number of carboxylic acids is 1. The lowest BCUT2D eigenvalue weighted by molar-refractivity contribution is -0.384. The minimum Gasteiger partial charge on any atom is -0.479 e. The molecule has 1 unspecified atom stereocenters. The van der Waals surface area contributed by atoms with Crippen molar-refractivity contribution in [1.29, 1.82) is 0 Å². The SMILES string of the molecule is C[C@@H]1CN(C(=O)c2ccc(-n3cncn3)c([N+](=O)[O-])c2)CC(C(=O)O)O1. The largest absolute Gasteiger partial charge is 0.479 e. The minimum absolute atomic E-state index is 0.0822. The summed E-state index contributed by atoms with van der Waals surface area (Å²) in [6.07, 6.45) is 0.958. The smallest absolute Gasteiger partial charge is 0.334 e. The van der Waals surface area contributed by atoms with Gasteiger partial charge < -0.3 is 14.7 Å². The van der Waals surface area contributed by atoms with Crippen LogP contribution >= 0.6 is 0 Å². The maximum atomic E-state index is 12.7. The highest BCUT2D eigenvalue weighted by molar-refractivity contribution is 5.95. The molecule has 2 atom stereocenters. The molecule has 0 saturated carbocycles. The van der Waals surface area contributed by atoms with Crippen molar-refractivity contribution < 1.29 is 24.4 Å². The topological polar surface area (TPSA) is 141 Å². The molecule has 1 fully saturated rings. The van der Waals surface area contributed by atoms with E-state index in [4.69, 9.17) is 9.84 Å². The van der Waals surface area contributed by atoms with E-state index in [9.17, 15) is 19.7 Å². The zero-order valence-electron chi connectivity index (χ0n) is 13.7. The molecule has 11 heteroatoms. The molecule has 0 bridgehead atoms. The Balaban J connectivity index is 1.91. The van der Waals surface area contributed by atoms with Crippen LogP contribution in [0.4, 0.5) is 5.69 Å². The quantitative estimate of drug-likeness (QED) is 0.613. The second kappa shape index (κ2) is 6.88. The molecular formula is C15H15N5O6. The van der Waals surface area contributed by atoms with E-state index in [1.165, 1.54) is 34.4 Å². The van der Waals surface area contributed by atoms with Crippen LogP contribution in [0.25, 0.3) is 5.69 Å². The van der Waals surface area contributed by atoms with E-state index in [0.29, 0.717) is 0 Å². The van der Waals surface area contributed by atoms with Crippen molar-refractivity contribution in [2.75, 3.05) is 13.1 Å². The number of nitrogens with zero attached hydrogens (tertiary/aromatic N) is 5. The van der Waals surface area contributed by atoms with Crippen molar-refractivity contribution in [1.82, 2.24) is 19.7 Å². The maximum Gasteiger partial charge on any atom is 0.334 e. The van der Waals surface area contributed by atoms with Crippen LogP contribution in [0.2, 0.25) is 0 Å². The first-order valence-electron chi connectivity index (χ1n) is 7.68. The van der Waals surface area contributed by atoms with E-state index in [1.807, 2.05) is 0 Å². The van der Waals surface area contributed by atoms with E-state index in [-0.39, 0.29) is 30.0 Å². The molecule has 2 aromatic rings. The van der Waals surface area contributed by atoms with Crippen molar-refractivity contribution >= 4 is 17.6 Å². The summed E-state index contributed by atoms with van der Waals surface area (Å²) >= 11 is 0. The molecule has 136 valence electrons. The van der Waals surface area contributed by atoms with Crippen molar-refractivity contribution in [3.8, 4) is 5.69 Å². The average Bonchev–Trinajstić information content (AvgIpc) is 3.14. The van der Waals surface area contributed by atoms with Crippen LogP contribution in [-0.4, -0.2) is 66.9 Å². The highest BCUT2D eigenvalue weighted by atomic mass is 16.6. The molecule has 3 rings (SSSR count). The van der Waals surface area contributed by atoms with Gasteiger partial charge in [0.25, 0.3) is 11.6 Å². The molecule has 11 nitrogen and oxygen atoms in total. The summed E-state index contributed by atoms with van der Waals surface area (Å²) in [5.41, 5.74) is -0.0564. The Kier molecular flexibility index (Phi) is 4.63. The maximum absolute atomic E-state index is 12.7. The standard InChI is InChI=1S/C15H15N5O6/c1-9-5-18(6-13(26-9)15(22)23)14(21)10-2-3-11(12(4-10)20(24)25)19-8-16-7-17-19/h2-4,7-9,13H,5-6H2,1H3,(H,22,23)/t9-,13?/m1/s1. The highest BCUT2D eigenvalue weighted by Gasteiger charge is 2.33. The monoisotopic (exact) mass is 361 g/mol. The summed E-state index contributed by atoms with van der Waals surface area (Å²) in [7, 11) is 0. The first kappa shape index (κ1) is 17.5. The fourth-order valence-electron chi connectivity index (χ4n) is 2.77. The van der Waals surface area contributed by atoms with Gasteiger partial charge in [0, 0.05) is 18.2 Å². The molecule has 1 amide bonds. The summed E-state index contributed by atoms with van der Waals surface area (Å²) in [4.78, 5) is 39.7. The molecule has 0 radical (unpaired) electrons. The van der Waals surface area contributed by atoms with Gasteiger partial charge in [-0.3, -0.25) is 14.9 Å². The Morgan fingerprint density at radius 1 is 1.38 bits per heavy atom. The van der Waals surface area contributed by atoms with Gasteiger partial charge in [0.15, 0.2) is 6.10 Å². The van der Waals surface area contributed by atoms with Gasteiger partial charge in [-0.05, 0) is 19.1 Å². The summed E-state index contributed by atoms with van der Waals surface area (Å²) in [5.74, 6) is -1.67. The number of hydrogen-bond donors (Lipinski definition) is 1. The van der Waals surface area contributed by atoms with E-state index in [0.717, 1.165) is 6.07 Å². The van der Waals surface area contributed by atoms with E-state index in [2.05, 4.69) is 10.1 Å². The lowest BCUT2D eigenvalue weighted by atomic mass is 10.1. The molecule has 1 aliphatic heterocycles. The number of carbonyl (C=O) groups excluding carboxylic acids is 1. The summed E-state index contributed by atoms with van der Waals surface area (Å²) in [6.45, 7) is 1.73. The number of benzene rings is 1. The summed E-state index contributed by atoms with van der Waals surface area (Å²) < 4.78 is 6.50. The van der Waals surface area contributed by atoms with Crippen molar-refractivity contribution in [3.63, 3.8) is 0 Å². The Morgan fingerprint density at radius 2 is 2.15 bits per heavy atom. The summed E-state index contributed by atoms with van der Waals surface area (Å²) in [5, 5.41) is 24.4. The predicted octanol–water partition coefficient (Wildman–Crippen LogP) is 0.490. The molecule has 26 heavy (non-hydrogen) atoms. The molecule has 0 aliphatic carbocycles. The first-order valence-corrected chi connectivity index (χ1v) is 7.68. The number of nitro groups is 1. The molecular weight excluding hydrogens is 346 g/mol. The second-order valence-corrected chi connectivity index (χ2v) is 5.78. The Labute approximate surface area is 147 Å². The zero-order chi connectivity index (χ0) is 18.8. The number of amides is 1. The van der Waals surface area contributed by atoms with Crippen LogP contribution in [0.3, 0.4) is 0 Å². The minimum atomic E-state index is -1.16. The third-order valence-corrected chi connectivity index (χ3v) is 3.91. The van der Waals surface area contributed by atoms with E-state index in [1.54, 1.807) is 6.92 Å². The van der Waals surface area contributed by atoms with Gasteiger partial charge in [-0.25, -0.2) is 14.5 Å². The third-order valence-electron chi connectivity index (χ3n) is 3.91. The van der Waals surface area contributed by atoms with Crippen LogP contribution in [0.5, 0.6) is 0 Å². The van der Waals surface area contributed by atoms with Gasteiger partial charge >= 0.3 is 5.97 Å². The van der Waals surface area contributed by atoms with E-state index < -0.39 is 29.0 Å². The number of aromatic nitrogens is 3. The summed E-state index contributed by atoms with van der Waals surface area (Å²) in [6, 6.07) is 3.98. The highest BCUT2D eigenvalue weighted by Crippen LogP contribution is 2.25. The number of ether oxygens (including phenoxy) is 1. The van der Waals surface area contributed by atoms with Crippen molar-refractivity contribution in [2.45, 2.75) is 19.1 Å². The molecule has 1 N–H and O–H groups in total. The molecule has 1 aliphatic rings. The molecule has 0 spiro atoms. The van der Waals surface area contributed by atoms with Gasteiger partial charge in [0.1, 0.15) is 18.3 Å². The van der Waals surface area contributed by atoms with Gasteiger partial charge in [-0.15, -0.1) is 0 Å². The Hall–Kier alpha value is -3.34. The third kappa shape index (κ3) is 3.37. The van der Waals surface area contributed by atoms with Crippen LogP contribution < -0.4 is 0 Å². The lowest BCUT2D eigenvalue weighted by Crippen LogP contribution is -2.51. The fourth-order valence-corrected chi connectivity index (χ4v) is 2.77. The number of carbonyl (C=O) groups is 2. The second-order valence-electron chi connectivity index (χ2n) is 5.78. The number of rotatable bonds is 4. The van der Waals surface area contributed by atoms with E-state index >= 15 is 0 Å². The van der Waals surface area contributed by atoms with Gasteiger partial charge in [-0.2, -0.15) is 5.10 Å². The lowest BCUT2D eigenvalue weighted by Gasteiger charge is -2.34. The normalized spacial score (nSPS) is 20.0. The van der Waals surface area contributed by atoms with Gasteiger partial charge in [-0.1, -0.05) is 0 Å². The van der Waals surface area contributed by atoms with Crippen molar-refractivity contribution in [2.24, 2.45) is 0 Å². The molecule has 1 aromatic heterocycles. The van der Waals surface area contributed by atoms with Gasteiger partial charge in [0.2, 0.25) is 0 Å². The van der Waals surface area contributed by atoms with Gasteiger partial charge in [0.05, 0.1) is 17.6 Å². The first-order chi connectivity index (χ1) is 12.4. The number of nitro benzene ring substituents is 1. The number of hydrogen-bond acceptors (Lipinski definition) is 7. The molecule has 1 saturated heterocycles. The van der Waals surface area contributed by atoms with Crippen LogP contribution in [0, 0.1) is 10.1 Å². The molecule has 1 aromatic carbocycles.